The number of nitrogens with zero attached hydrogens (tertiary/aromatic N) is 4. The lowest BCUT2D eigenvalue weighted by Gasteiger charge is -2.41. The fourth-order valence-electron chi connectivity index (χ4n) is 10.2. The van der Waals surface area contributed by atoms with Crippen LogP contribution in [0.4, 0.5) is 0 Å². The topological polar surface area (TPSA) is 208 Å². The van der Waals surface area contributed by atoms with E-state index in [2.05, 4.69) is 0 Å². The zero-order valence-electron chi connectivity index (χ0n) is 29.4. The molecule has 0 bridgehead atoms. The third kappa shape index (κ3) is 4.51. The van der Waals surface area contributed by atoms with Crippen molar-refractivity contribution >= 4 is 43.1 Å². The quantitative estimate of drug-likeness (QED) is 0.269. The summed E-state index contributed by atoms with van der Waals surface area (Å²) in [6, 6.07) is 2.69. The second-order valence-electron chi connectivity index (χ2n) is 15.9. The molecule has 3 aliphatic rings. The van der Waals surface area contributed by atoms with E-state index in [1.54, 1.807) is 6.92 Å². The van der Waals surface area contributed by atoms with Crippen LogP contribution in [0, 0.1) is 0 Å². The van der Waals surface area contributed by atoms with Crippen molar-refractivity contribution in [1.29, 1.82) is 0 Å². The van der Waals surface area contributed by atoms with E-state index in [4.69, 9.17) is 11.5 Å². The molecule has 3 saturated carbocycles. The van der Waals surface area contributed by atoms with Gasteiger partial charge in [-0.2, -0.15) is 0 Å². The van der Waals surface area contributed by atoms with Gasteiger partial charge >= 0.3 is 0 Å². The lowest BCUT2D eigenvalue weighted by Crippen LogP contribution is -2.53. The van der Waals surface area contributed by atoms with Gasteiger partial charge in [0.2, 0.25) is 0 Å². The molecule has 14 heteroatoms. The average molecular weight is 721 g/mol. The molecule has 3 aliphatic carbocycles. The number of aromatic nitrogens is 4. The van der Waals surface area contributed by atoms with E-state index in [9.17, 15) is 38.4 Å². The second kappa shape index (κ2) is 11.7. The van der Waals surface area contributed by atoms with Gasteiger partial charge in [0, 0.05) is 12.1 Å². The Kier molecular flexibility index (Phi) is 7.45. The number of rotatable bonds is 4. The molecule has 0 saturated heterocycles. The summed E-state index contributed by atoms with van der Waals surface area (Å²) in [5.74, 6) is 0. The molecular formula is C39H40N6O8. The summed E-state index contributed by atoms with van der Waals surface area (Å²) in [4.78, 5) is 111. The first kappa shape index (κ1) is 33.7. The molecule has 6 atom stereocenters. The molecule has 53 heavy (non-hydrogen) atoms. The van der Waals surface area contributed by atoms with Crippen molar-refractivity contribution in [3.63, 3.8) is 0 Å². The fourth-order valence-corrected chi connectivity index (χ4v) is 10.2. The van der Waals surface area contributed by atoms with Crippen LogP contribution in [0.5, 0.6) is 0 Å². The number of hydrogen-bond acceptors (Lipinski definition) is 10. The van der Waals surface area contributed by atoms with Gasteiger partial charge in [0.25, 0.3) is 44.5 Å². The first-order valence-electron chi connectivity index (χ1n) is 18.7. The summed E-state index contributed by atoms with van der Waals surface area (Å²) in [6.07, 6.45) is 7.78. The summed E-state index contributed by atoms with van der Waals surface area (Å²) < 4.78 is 4.51. The highest BCUT2D eigenvalue weighted by molar-refractivity contribution is 5.99. The molecular weight excluding hydrogens is 680 g/mol. The predicted molar refractivity (Wildman–Crippen MR) is 202 cm³/mol. The Labute approximate surface area is 299 Å². The monoisotopic (exact) mass is 720 g/mol. The van der Waals surface area contributed by atoms with E-state index in [0.717, 1.165) is 34.8 Å². The zero-order chi connectivity index (χ0) is 37.2. The number of nitrogens with two attached hydrogens (primary N) is 2. The molecule has 0 radical (unpaired) electrons. The van der Waals surface area contributed by atoms with Crippen LogP contribution in [0.25, 0.3) is 43.1 Å². The molecule has 4 N–H and O–H groups in total. The highest BCUT2D eigenvalue weighted by Crippen LogP contribution is 2.41. The van der Waals surface area contributed by atoms with Crippen molar-refractivity contribution < 1.29 is 0 Å². The van der Waals surface area contributed by atoms with Crippen LogP contribution in [0.1, 0.15) is 102 Å². The minimum absolute atomic E-state index is 0.0179. The van der Waals surface area contributed by atoms with Crippen LogP contribution in [0.15, 0.2) is 62.6 Å². The third-order valence-corrected chi connectivity index (χ3v) is 13.1. The first-order chi connectivity index (χ1) is 25.3. The molecule has 274 valence electrons. The number of benzene rings is 2. The van der Waals surface area contributed by atoms with Gasteiger partial charge in [0.15, 0.2) is 0 Å². The van der Waals surface area contributed by atoms with Gasteiger partial charge in [-0.3, -0.25) is 56.6 Å². The number of fused-ring (bicyclic) bond motifs is 4. The Morgan fingerprint density at radius 1 is 0.453 bits per heavy atom. The molecule has 0 amide bonds. The normalized spacial score (nSPS) is 27.1. The van der Waals surface area contributed by atoms with E-state index in [0.29, 0.717) is 44.9 Å². The van der Waals surface area contributed by atoms with E-state index in [1.165, 1.54) is 33.4 Å². The maximum atomic E-state index is 14.3. The van der Waals surface area contributed by atoms with E-state index >= 15 is 0 Å². The van der Waals surface area contributed by atoms with Gasteiger partial charge in [0.05, 0.1) is 66.8 Å². The van der Waals surface area contributed by atoms with Crippen molar-refractivity contribution in [2.75, 3.05) is 0 Å². The Hall–Kier alpha value is -5.08. The minimum Gasteiger partial charge on any atom is -0.326 e. The van der Waals surface area contributed by atoms with Crippen LogP contribution >= 0.6 is 0 Å². The Bertz CT molecular complexity index is 2810. The largest absolute Gasteiger partial charge is 0.326 e. The molecule has 0 aliphatic heterocycles. The molecule has 6 aromatic rings. The Morgan fingerprint density at radius 3 is 1.15 bits per heavy atom. The standard InChI is InChI=1S/C39H40N6O8/c1-39(45-37(52)24-16-20-21(17-25(24)38(45)53)34(49)43(33(20)48)29-11-5-3-9-27(29)41)13-7-6-12-30(39)44-35(50)22-14-18-19(15-23(22)36(44)51)32(47)42(31(18)46)28-10-4-2-8-26(28)40/h14-17,26-30H,2-13,40-41H2,1H3/t26-,27-,28?,29-,30-,39?/m0/s1. The van der Waals surface area contributed by atoms with Crippen LogP contribution in [-0.4, -0.2) is 30.4 Å². The van der Waals surface area contributed by atoms with Crippen molar-refractivity contribution in [2.24, 2.45) is 11.5 Å². The van der Waals surface area contributed by atoms with Gasteiger partial charge < -0.3 is 11.5 Å². The molecule has 4 heterocycles. The molecule has 3 fully saturated rings. The van der Waals surface area contributed by atoms with Gasteiger partial charge in [0.1, 0.15) is 0 Å². The molecule has 14 nitrogen and oxygen atoms in total. The third-order valence-electron chi connectivity index (χ3n) is 13.1. The minimum atomic E-state index is -1.35. The Balaban J connectivity index is 1.19. The molecule has 2 aromatic carbocycles. The van der Waals surface area contributed by atoms with Gasteiger partial charge in [-0.1, -0.05) is 38.5 Å². The van der Waals surface area contributed by atoms with E-state index in [-0.39, 0.29) is 61.6 Å². The number of hydrogen-bond donors (Lipinski definition) is 2. The zero-order valence-corrected chi connectivity index (χ0v) is 29.4. The van der Waals surface area contributed by atoms with Crippen LogP contribution in [-0.2, 0) is 5.54 Å². The fraction of sp³-hybridized carbons (Fsp3) is 0.487. The lowest BCUT2D eigenvalue weighted by atomic mass is 9.78. The van der Waals surface area contributed by atoms with Crippen molar-refractivity contribution in [3.05, 3.63) is 107 Å². The smallest absolute Gasteiger partial charge is 0.262 e. The summed E-state index contributed by atoms with van der Waals surface area (Å²) in [7, 11) is 0. The van der Waals surface area contributed by atoms with Gasteiger partial charge in [-0.15, -0.1) is 0 Å². The van der Waals surface area contributed by atoms with Crippen molar-refractivity contribution in [1.82, 2.24) is 18.3 Å². The highest BCUT2D eigenvalue weighted by Gasteiger charge is 2.44. The van der Waals surface area contributed by atoms with E-state index in [1.807, 2.05) is 0 Å². The molecule has 0 spiro atoms. The highest BCUT2D eigenvalue weighted by atomic mass is 16.2. The van der Waals surface area contributed by atoms with Crippen LogP contribution in [0.3, 0.4) is 0 Å². The van der Waals surface area contributed by atoms with Crippen molar-refractivity contribution in [3.8, 4) is 0 Å². The van der Waals surface area contributed by atoms with Crippen molar-refractivity contribution in [2.45, 2.75) is 120 Å². The summed E-state index contributed by atoms with van der Waals surface area (Å²) in [5, 5.41) is 0.0978. The van der Waals surface area contributed by atoms with Crippen LogP contribution in [0.2, 0.25) is 0 Å². The first-order valence-corrected chi connectivity index (χ1v) is 18.7. The summed E-state index contributed by atoms with van der Waals surface area (Å²) in [5.41, 5.74) is 6.39. The summed E-state index contributed by atoms with van der Waals surface area (Å²) >= 11 is 0. The van der Waals surface area contributed by atoms with Gasteiger partial charge in [-0.05, 0) is 69.7 Å². The maximum Gasteiger partial charge on any atom is 0.262 e. The second-order valence-corrected chi connectivity index (χ2v) is 15.9. The van der Waals surface area contributed by atoms with E-state index < -0.39 is 68.1 Å². The summed E-state index contributed by atoms with van der Waals surface area (Å²) in [6.45, 7) is 1.68. The molecule has 9 rings (SSSR count). The lowest BCUT2D eigenvalue weighted by molar-refractivity contribution is 0.120. The van der Waals surface area contributed by atoms with Crippen LogP contribution < -0.4 is 55.9 Å². The SMILES string of the molecule is CC1(n2c(=O)c3cc4c(=O)n([C@H]5CCCC[C@@H]5N)c(=O)c4cc3c2=O)CCCC[C@@H]1n1c(=O)c2cc3c(=O)n(C4CCCC[C@@H]4N)c(=O)c3cc2c1=O. The predicted octanol–water partition coefficient (Wildman–Crippen LogP) is 1.55. The molecule has 4 aromatic heterocycles. The Morgan fingerprint density at radius 2 is 0.774 bits per heavy atom. The van der Waals surface area contributed by atoms with Gasteiger partial charge in [-0.25, -0.2) is 0 Å². The molecule has 2 unspecified atom stereocenters. The maximum absolute atomic E-state index is 14.3. The average Bonchev–Trinajstić information content (AvgIpc) is 3.73.